The van der Waals surface area contributed by atoms with E-state index in [2.05, 4.69) is 50.3 Å². The van der Waals surface area contributed by atoms with Gasteiger partial charge in [-0.05, 0) is 51.4 Å². The second-order valence-electron chi connectivity index (χ2n) is 19.6. The molecule has 382 valence electrons. The summed E-state index contributed by atoms with van der Waals surface area (Å²) in [6.45, 7) is 4.21. The summed E-state index contributed by atoms with van der Waals surface area (Å²) < 4.78 is 33.9. The number of hydrogen-bond acceptors (Lipinski definition) is 8. The molecule has 0 aromatic rings. The average Bonchev–Trinajstić information content (AvgIpc) is 3.26. The van der Waals surface area contributed by atoms with Gasteiger partial charge in [-0.2, -0.15) is 0 Å². The average molecular weight is 938 g/mol. The van der Waals surface area contributed by atoms with Gasteiger partial charge in [0.05, 0.1) is 27.7 Å². The number of phosphoric ester groups is 1. The molecule has 0 rings (SSSR count). The van der Waals surface area contributed by atoms with Crippen molar-refractivity contribution >= 4 is 19.8 Å². The molecule has 0 aromatic heterocycles. The normalized spacial score (nSPS) is 13.6. The molecule has 0 aromatic carbocycles. The molecule has 0 saturated carbocycles. The van der Waals surface area contributed by atoms with Crippen molar-refractivity contribution in [2.75, 3.05) is 47.5 Å². The third-order valence-corrected chi connectivity index (χ3v) is 12.9. The lowest BCUT2D eigenvalue weighted by molar-refractivity contribution is -0.870. The predicted molar refractivity (Wildman–Crippen MR) is 273 cm³/mol. The molecular weight excluding hydrogens is 834 g/mol. The lowest BCUT2D eigenvalue weighted by Crippen LogP contribution is -2.37. The summed E-state index contributed by atoms with van der Waals surface area (Å²) in [7, 11) is 1.17. The van der Waals surface area contributed by atoms with Crippen LogP contribution >= 0.6 is 7.82 Å². The molecule has 0 spiro atoms. The molecule has 2 atom stereocenters. The van der Waals surface area contributed by atoms with E-state index in [-0.39, 0.29) is 32.0 Å². The first-order valence-corrected chi connectivity index (χ1v) is 28.7. The second kappa shape index (κ2) is 47.3. The summed E-state index contributed by atoms with van der Waals surface area (Å²) in [5.74, 6) is -0.829. The maximum absolute atomic E-state index is 12.7. The molecule has 0 aliphatic heterocycles. The van der Waals surface area contributed by atoms with E-state index in [1.54, 1.807) is 0 Å². The fourth-order valence-electron chi connectivity index (χ4n) is 7.66. The summed E-state index contributed by atoms with van der Waals surface area (Å²) in [5, 5.41) is 0. The van der Waals surface area contributed by atoms with Crippen LogP contribution in [0.5, 0.6) is 0 Å². The van der Waals surface area contributed by atoms with Crippen LogP contribution in [0.3, 0.4) is 0 Å². The van der Waals surface area contributed by atoms with E-state index in [1.165, 1.54) is 173 Å². The molecule has 0 amide bonds. The molecule has 0 fully saturated rings. The Bertz CT molecular complexity index is 1200. The quantitative estimate of drug-likeness (QED) is 0.0195. The zero-order valence-electron chi connectivity index (χ0n) is 43.2. The number of phosphoric acid groups is 1. The first kappa shape index (κ1) is 63.2. The van der Waals surface area contributed by atoms with Crippen molar-refractivity contribution in [1.82, 2.24) is 0 Å². The number of carbonyl (C=O) groups is 2. The summed E-state index contributed by atoms with van der Waals surface area (Å²) in [6.07, 6.45) is 56.5. The Morgan fingerprint density at radius 1 is 0.477 bits per heavy atom. The highest BCUT2D eigenvalue weighted by Crippen LogP contribution is 2.38. The zero-order chi connectivity index (χ0) is 47.8. The predicted octanol–water partition coefficient (Wildman–Crippen LogP) is 15.8. The third kappa shape index (κ3) is 51.5. The molecule has 2 unspecified atom stereocenters. The number of allylic oxidation sites excluding steroid dienone is 6. The molecule has 9 nitrogen and oxygen atoms in total. The van der Waals surface area contributed by atoms with Crippen LogP contribution in [-0.2, 0) is 32.7 Å². The number of nitrogens with zero attached hydrogens (tertiary/aromatic N) is 1. The van der Waals surface area contributed by atoms with Crippen molar-refractivity contribution in [2.45, 2.75) is 258 Å². The minimum atomic E-state index is -4.62. The molecular formula is C55H104NO8P. The van der Waals surface area contributed by atoms with Crippen molar-refractivity contribution in [3.8, 4) is 0 Å². The molecule has 0 radical (unpaired) electrons. The van der Waals surface area contributed by atoms with Gasteiger partial charge in [0.15, 0.2) is 6.10 Å². The highest BCUT2D eigenvalue weighted by molar-refractivity contribution is 7.45. The SMILES string of the molecule is CCCCCCC/C=C\C/C=C\C/C=C\CCCCCCCCCCCCCCCCCCCCC(=O)OC(COC(=O)CCCCCCCCCC)COP(=O)([O-])OCC[N+](C)(C)C. The van der Waals surface area contributed by atoms with Crippen molar-refractivity contribution in [2.24, 2.45) is 0 Å². The number of rotatable bonds is 50. The Balaban J connectivity index is 3.93. The van der Waals surface area contributed by atoms with Gasteiger partial charge in [0.1, 0.15) is 19.8 Å². The lowest BCUT2D eigenvalue weighted by Gasteiger charge is -2.28. The molecule has 0 N–H and O–H groups in total. The Morgan fingerprint density at radius 3 is 1.23 bits per heavy atom. The van der Waals surface area contributed by atoms with Crippen LogP contribution < -0.4 is 4.89 Å². The number of unbranched alkanes of at least 4 members (excludes halogenated alkanes) is 30. The van der Waals surface area contributed by atoms with E-state index < -0.39 is 26.5 Å². The van der Waals surface area contributed by atoms with Gasteiger partial charge in [-0.1, -0.05) is 224 Å². The van der Waals surface area contributed by atoms with E-state index in [1.807, 2.05) is 21.1 Å². The second-order valence-corrected chi connectivity index (χ2v) is 21.0. The summed E-state index contributed by atoms with van der Waals surface area (Å²) >= 11 is 0. The largest absolute Gasteiger partial charge is 0.756 e. The molecule has 65 heavy (non-hydrogen) atoms. The van der Waals surface area contributed by atoms with Gasteiger partial charge in [-0.3, -0.25) is 14.2 Å². The smallest absolute Gasteiger partial charge is 0.306 e. The van der Waals surface area contributed by atoms with Gasteiger partial charge in [0, 0.05) is 12.8 Å². The summed E-state index contributed by atoms with van der Waals surface area (Å²) in [5.41, 5.74) is 0. The number of esters is 2. The topological polar surface area (TPSA) is 111 Å². The Morgan fingerprint density at radius 2 is 0.831 bits per heavy atom. The first-order valence-electron chi connectivity index (χ1n) is 27.2. The molecule has 0 aliphatic carbocycles. The zero-order valence-corrected chi connectivity index (χ0v) is 44.1. The number of likely N-dealkylation sites (N-methyl/N-ethyl adjacent to an activating group) is 1. The number of hydrogen-bond donors (Lipinski definition) is 0. The Hall–Kier alpha value is -1.77. The summed E-state index contributed by atoms with van der Waals surface area (Å²) in [6, 6.07) is 0. The fraction of sp³-hybridized carbons (Fsp3) is 0.855. The van der Waals surface area contributed by atoms with Gasteiger partial charge >= 0.3 is 11.9 Å². The van der Waals surface area contributed by atoms with Crippen LogP contribution in [0.2, 0.25) is 0 Å². The van der Waals surface area contributed by atoms with Gasteiger partial charge in [-0.25, -0.2) is 0 Å². The number of quaternary nitrogens is 1. The van der Waals surface area contributed by atoms with E-state index >= 15 is 0 Å². The fourth-order valence-corrected chi connectivity index (χ4v) is 8.39. The van der Waals surface area contributed by atoms with Gasteiger partial charge in [-0.15, -0.1) is 0 Å². The van der Waals surface area contributed by atoms with Crippen LogP contribution in [0.15, 0.2) is 36.5 Å². The monoisotopic (exact) mass is 938 g/mol. The van der Waals surface area contributed by atoms with Crippen LogP contribution in [0, 0.1) is 0 Å². The minimum absolute atomic E-state index is 0.0286. The highest BCUT2D eigenvalue weighted by Gasteiger charge is 2.21. The van der Waals surface area contributed by atoms with Crippen molar-refractivity contribution < 1.29 is 42.1 Å². The molecule has 0 aliphatic rings. The Labute approximate surface area is 401 Å². The number of carbonyl (C=O) groups excluding carboxylic acids is 2. The maximum atomic E-state index is 12.7. The van der Waals surface area contributed by atoms with Gasteiger partial charge in [0.2, 0.25) is 0 Å². The minimum Gasteiger partial charge on any atom is -0.756 e. The van der Waals surface area contributed by atoms with E-state index in [4.69, 9.17) is 18.5 Å². The Kier molecular flexibility index (Phi) is 46.0. The van der Waals surface area contributed by atoms with Crippen molar-refractivity contribution in [3.63, 3.8) is 0 Å². The van der Waals surface area contributed by atoms with E-state index in [0.717, 1.165) is 44.9 Å². The van der Waals surface area contributed by atoms with E-state index in [9.17, 15) is 19.0 Å². The first-order chi connectivity index (χ1) is 31.5. The lowest BCUT2D eigenvalue weighted by atomic mass is 10.0. The number of ether oxygens (including phenoxy) is 2. The van der Waals surface area contributed by atoms with Crippen LogP contribution in [0.25, 0.3) is 0 Å². The van der Waals surface area contributed by atoms with Gasteiger partial charge < -0.3 is 27.9 Å². The van der Waals surface area contributed by atoms with Crippen LogP contribution in [0.4, 0.5) is 0 Å². The van der Waals surface area contributed by atoms with Crippen molar-refractivity contribution in [3.05, 3.63) is 36.5 Å². The molecule has 0 heterocycles. The highest BCUT2D eigenvalue weighted by atomic mass is 31.2. The van der Waals surface area contributed by atoms with Crippen LogP contribution in [0.1, 0.15) is 251 Å². The van der Waals surface area contributed by atoms with Crippen LogP contribution in [-0.4, -0.2) is 70.0 Å². The maximum Gasteiger partial charge on any atom is 0.306 e. The molecule has 10 heteroatoms. The van der Waals surface area contributed by atoms with Gasteiger partial charge in [0.25, 0.3) is 7.82 Å². The third-order valence-electron chi connectivity index (χ3n) is 11.9. The molecule has 0 bridgehead atoms. The standard InChI is InChI=1S/C55H104NO8P/c1-6-8-10-12-14-16-17-18-19-20-21-22-23-24-25-26-27-28-29-30-31-32-33-34-35-36-37-38-39-40-42-44-46-48-55(58)64-53(52-63-65(59,60)62-50-49-56(3,4)5)51-61-54(57)47-45-43-41-15-13-11-9-7-2/h17-18,20-21,23-24,53H,6-16,19,22,25-52H2,1-5H3/b18-17-,21-20-,24-23-. The van der Waals surface area contributed by atoms with E-state index in [0.29, 0.717) is 17.4 Å². The van der Waals surface area contributed by atoms with Crippen molar-refractivity contribution in [1.29, 1.82) is 0 Å². The molecule has 0 saturated heterocycles. The summed E-state index contributed by atoms with van der Waals surface area (Å²) in [4.78, 5) is 37.5.